The molecule has 0 spiro atoms. The molecule has 1 aliphatic rings. The van der Waals surface area contributed by atoms with Crippen molar-refractivity contribution in [2.45, 2.75) is 31.2 Å². The van der Waals surface area contributed by atoms with Crippen LogP contribution in [0.1, 0.15) is 30.4 Å². The van der Waals surface area contributed by atoms with Crippen LogP contribution >= 0.6 is 0 Å². The summed E-state index contributed by atoms with van der Waals surface area (Å²) in [6.07, 6.45) is 3.14. The summed E-state index contributed by atoms with van der Waals surface area (Å²) in [6, 6.07) is 8.07. The quantitative estimate of drug-likeness (QED) is 0.784. The molecule has 14 heavy (non-hydrogen) atoms. The van der Waals surface area contributed by atoms with E-state index in [-0.39, 0.29) is 12.1 Å². The molecule has 1 aliphatic carbocycles. The third-order valence-corrected chi connectivity index (χ3v) is 3.37. The molecule has 2 heteroatoms. The van der Waals surface area contributed by atoms with Gasteiger partial charge in [0.25, 0.3) is 0 Å². The highest BCUT2D eigenvalue weighted by molar-refractivity contribution is 5.31. The Balaban J connectivity index is 2.23. The lowest BCUT2D eigenvalue weighted by Crippen LogP contribution is -2.36. The molecule has 0 unspecified atom stereocenters. The molecule has 0 amide bonds. The number of hydrogen-bond acceptors (Lipinski definition) is 1. The molecule has 1 fully saturated rings. The molecule has 0 bridgehead atoms. The Labute approximate surface area is 84.1 Å². The largest absolute Gasteiger partial charge is 0.326 e. The van der Waals surface area contributed by atoms with Crippen LogP contribution < -0.4 is 5.73 Å². The van der Waals surface area contributed by atoms with Gasteiger partial charge in [-0.2, -0.15) is 0 Å². The molecule has 1 nitrogen and oxygen atoms in total. The van der Waals surface area contributed by atoms with E-state index in [1.807, 2.05) is 24.3 Å². The molecule has 1 saturated carbocycles. The van der Waals surface area contributed by atoms with Gasteiger partial charge in [0.1, 0.15) is 0 Å². The van der Waals surface area contributed by atoms with Crippen molar-refractivity contribution in [3.63, 3.8) is 0 Å². The minimum absolute atomic E-state index is 0.160. The zero-order valence-corrected chi connectivity index (χ0v) is 8.30. The van der Waals surface area contributed by atoms with E-state index < -0.39 is 0 Å². The van der Waals surface area contributed by atoms with Gasteiger partial charge in [0.05, 0.1) is 6.67 Å². The summed E-state index contributed by atoms with van der Waals surface area (Å²) in [5, 5.41) is 0. The Kier molecular flexibility index (Phi) is 2.55. The van der Waals surface area contributed by atoms with Crippen LogP contribution in [0.4, 0.5) is 4.39 Å². The van der Waals surface area contributed by atoms with E-state index in [4.69, 9.17) is 5.73 Å². The first-order valence-corrected chi connectivity index (χ1v) is 5.16. The summed E-state index contributed by atoms with van der Waals surface area (Å²) in [7, 11) is 0. The molecule has 0 heterocycles. The van der Waals surface area contributed by atoms with Crippen LogP contribution in [-0.2, 0) is 12.0 Å². The number of benzene rings is 1. The van der Waals surface area contributed by atoms with Crippen molar-refractivity contribution in [3.8, 4) is 0 Å². The van der Waals surface area contributed by atoms with Crippen LogP contribution in [0.15, 0.2) is 24.3 Å². The zero-order valence-electron chi connectivity index (χ0n) is 8.30. The molecule has 2 N–H and O–H groups in total. The SMILES string of the molecule is NCc1ccc(C2(CF)CCC2)cc1. The van der Waals surface area contributed by atoms with E-state index in [1.165, 1.54) is 0 Å². The maximum absolute atomic E-state index is 12.9. The highest BCUT2D eigenvalue weighted by Crippen LogP contribution is 2.43. The van der Waals surface area contributed by atoms with Crippen LogP contribution in [-0.4, -0.2) is 6.67 Å². The lowest BCUT2D eigenvalue weighted by Gasteiger charge is -2.40. The van der Waals surface area contributed by atoms with E-state index >= 15 is 0 Å². The third-order valence-electron chi connectivity index (χ3n) is 3.37. The van der Waals surface area contributed by atoms with Gasteiger partial charge in [0.15, 0.2) is 0 Å². The summed E-state index contributed by atoms with van der Waals surface area (Å²) < 4.78 is 12.9. The Morgan fingerprint density at radius 2 is 1.86 bits per heavy atom. The summed E-state index contributed by atoms with van der Waals surface area (Å²) >= 11 is 0. The summed E-state index contributed by atoms with van der Waals surface area (Å²) in [5.74, 6) is 0. The molecule has 0 aromatic heterocycles. The van der Waals surface area contributed by atoms with Crippen molar-refractivity contribution in [1.29, 1.82) is 0 Å². The summed E-state index contributed by atoms with van der Waals surface area (Å²) in [4.78, 5) is 0. The number of nitrogens with two attached hydrogens (primary N) is 1. The van der Waals surface area contributed by atoms with E-state index in [9.17, 15) is 4.39 Å². The van der Waals surface area contributed by atoms with Crippen LogP contribution in [0.5, 0.6) is 0 Å². The minimum Gasteiger partial charge on any atom is -0.326 e. The van der Waals surface area contributed by atoms with Gasteiger partial charge in [0, 0.05) is 12.0 Å². The van der Waals surface area contributed by atoms with Gasteiger partial charge in [-0.1, -0.05) is 30.7 Å². The smallest absolute Gasteiger partial charge is 0.0990 e. The fraction of sp³-hybridized carbons (Fsp3) is 0.500. The van der Waals surface area contributed by atoms with Crippen molar-refractivity contribution in [2.75, 3.05) is 6.67 Å². The molecule has 0 aliphatic heterocycles. The first-order chi connectivity index (χ1) is 6.80. The summed E-state index contributed by atoms with van der Waals surface area (Å²) in [6.45, 7) is 0.331. The topological polar surface area (TPSA) is 26.0 Å². The number of halogens is 1. The first-order valence-electron chi connectivity index (χ1n) is 5.16. The van der Waals surface area contributed by atoms with Crippen LogP contribution in [0.3, 0.4) is 0 Å². The van der Waals surface area contributed by atoms with Crippen LogP contribution in [0.25, 0.3) is 0 Å². The van der Waals surface area contributed by atoms with Gasteiger partial charge < -0.3 is 5.73 Å². The lowest BCUT2D eigenvalue weighted by atomic mass is 9.65. The summed E-state index contributed by atoms with van der Waals surface area (Å²) in [5.41, 5.74) is 7.61. The molecule has 2 rings (SSSR count). The Morgan fingerprint density at radius 3 is 2.21 bits per heavy atom. The fourth-order valence-corrected chi connectivity index (χ4v) is 2.10. The average Bonchev–Trinajstić information content (AvgIpc) is 2.18. The number of rotatable bonds is 3. The Hall–Kier alpha value is -0.890. The predicted molar refractivity (Wildman–Crippen MR) is 55.8 cm³/mol. The molecule has 0 atom stereocenters. The van der Waals surface area contributed by atoms with Crippen molar-refractivity contribution in [3.05, 3.63) is 35.4 Å². The normalized spacial score (nSPS) is 19.0. The second-order valence-corrected chi connectivity index (χ2v) is 4.17. The monoisotopic (exact) mass is 193 g/mol. The average molecular weight is 193 g/mol. The first kappa shape index (κ1) is 9.66. The third kappa shape index (κ3) is 1.44. The van der Waals surface area contributed by atoms with Gasteiger partial charge in [-0.15, -0.1) is 0 Å². The fourth-order valence-electron chi connectivity index (χ4n) is 2.10. The van der Waals surface area contributed by atoms with Crippen molar-refractivity contribution in [1.82, 2.24) is 0 Å². The molecule has 76 valence electrons. The van der Waals surface area contributed by atoms with E-state index in [1.54, 1.807) is 0 Å². The highest BCUT2D eigenvalue weighted by atomic mass is 19.1. The van der Waals surface area contributed by atoms with Crippen molar-refractivity contribution >= 4 is 0 Å². The molecule has 1 aromatic carbocycles. The van der Waals surface area contributed by atoms with Crippen LogP contribution in [0.2, 0.25) is 0 Å². The van der Waals surface area contributed by atoms with Gasteiger partial charge in [0.2, 0.25) is 0 Å². The maximum Gasteiger partial charge on any atom is 0.0990 e. The Morgan fingerprint density at radius 1 is 1.21 bits per heavy atom. The Bertz CT molecular complexity index is 295. The highest BCUT2D eigenvalue weighted by Gasteiger charge is 2.38. The van der Waals surface area contributed by atoms with Gasteiger partial charge >= 0.3 is 0 Å². The number of hydrogen-bond donors (Lipinski definition) is 1. The second kappa shape index (κ2) is 3.70. The van der Waals surface area contributed by atoms with Gasteiger partial charge in [-0.25, -0.2) is 0 Å². The van der Waals surface area contributed by atoms with Crippen molar-refractivity contribution < 1.29 is 4.39 Å². The molecule has 1 aromatic rings. The van der Waals surface area contributed by atoms with Gasteiger partial charge in [-0.05, 0) is 24.0 Å². The van der Waals surface area contributed by atoms with Crippen molar-refractivity contribution in [2.24, 2.45) is 5.73 Å². The van der Waals surface area contributed by atoms with Gasteiger partial charge in [-0.3, -0.25) is 4.39 Å². The predicted octanol–water partition coefficient (Wildman–Crippen LogP) is 2.54. The van der Waals surface area contributed by atoms with E-state index in [2.05, 4.69) is 0 Å². The van der Waals surface area contributed by atoms with E-state index in [0.717, 1.165) is 30.4 Å². The molecular formula is C12H16FN. The van der Waals surface area contributed by atoms with Crippen LogP contribution in [0, 0.1) is 0 Å². The molecule has 0 saturated heterocycles. The van der Waals surface area contributed by atoms with E-state index in [0.29, 0.717) is 6.54 Å². The molecule has 0 radical (unpaired) electrons. The number of alkyl halides is 1. The zero-order chi connectivity index (χ0) is 10.0. The lowest BCUT2D eigenvalue weighted by molar-refractivity contribution is 0.185. The standard InChI is InChI=1S/C12H16FN/c13-9-12(6-1-7-12)11-4-2-10(8-14)3-5-11/h2-5H,1,6-9,14H2. The minimum atomic E-state index is -0.227. The molecular weight excluding hydrogens is 177 g/mol. The maximum atomic E-state index is 12.9. The second-order valence-electron chi connectivity index (χ2n) is 4.17.